The molecule has 244 valence electrons. The summed E-state index contributed by atoms with van der Waals surface area (Å²) in [6.45, 7) is 1.70. The van der Waals surface area contributed by atoms with Crippen molar-refractivity contribution in [2.45, 2.75) is 86.3 Å². The monoisotopic (exact) mass is 606 g/mol. The first-order chi connectivity index (χ1) is 19.8. The quantitative estimate of drug-likeness (QED) is 0.0730. The maximum atomic E-state index is 12.7. The number of nitrogens with zero attached hydrogens (tertiary/aromatic N) is 1. The van der Waals surface area contributed by atoms with Crippen LogP contribution in [0, 0.1) is 5.92 Å². The minimum absolute atomic E-state index is 0.0136. The summed E-state index contributed by atoms with van der Waals surface area (Å²) in [5.41, 5.74) is 22.8. The van der Waals surface area contributed by atoms with Crippen molar-refractivity contribution in [2.75, 3.05) is 46.4 Å². The van der Waals surface area contributed by atoms with Crippen LogP contribution in [0.25, 0.3) is 0 Å². The van der Waals surface area contributed by atoms with Crippen LogP contribution < -0.4 is 38.9 Å². The molecule has 2 aliphatic heterocycles. The van der Waals surface area contributed by atoms with Crippen molar-refractivity contribution < 1.29 is 44.6 Å². The van der Waals surface area contributed by atoms with Gasteiger partial charge < -0.3 is 73.5 Å². The van der Waals surface area contributed by atoms with Crippen LogP contribution >= 0.6 is 0 Å². The van der Waals surface area contributed by atoms with E-state index in [0.717, 1.165) is 0 Å². The van der Waals surface area contributed by atoms with Crippen LogP contribution in [0.5, 0.6) is 0 Å². The Hall–Kier alpha value is -1.71. The first kappa shape index (κ1) is 34.8. The molecule has 17 nitrogen and oxygen atoms in total. The van der Waals surface area contributed by atoms with E-state index in [1.165, 1.54) is 6.92 Å². The Morgan fingerprint density at radius 2 is 2.00 bits per heavy atom. The molecule has 1 saturated carbocycles. The van der Waals surface area contributed by atoms with Crippen LogP contribution in [0.2, 0.25) is 0 Å². The largest absolute Gasteiger partial charge is 0.492 e. The van der Waals surface area contributed by atoms with Crippen LogP contribution in [0.1, 0.15) is 19.8 Å². The van der Waals surface area contributed by atoms with Gasteiger partial charge in [-0.05, 0) is 32.9 Å². The number of hydrogen-bond donors (Lipinski definition) is 12. The highest BCUT2D eigenvalue weighted by Gasteiger charge is 2.53. The molecule has 2 heterocycles. The molecule has 2 amide bonds. The Balaban J connectivity index is 1.82. The fourth-order valence-corrected chi connectivity index (χ4v) is 5.86. The maximum absolute atomic E-state index is 12.7. The summed E-state index contributed by atoms with van der Waals surface area (Å²) in [4.78, 5) is 12.7. The van der Waals surface area contributed by atoms with E-state index in [-0.39, 0.29) is 32.7 Å². The molecule has 17 heteroatoms. The molecule has 3 aliphatic rings. The fraction of sp³-hybridized carbons (Fsp3) is 0.880. The third-order valence-corrected chi connectivity index (χ3v) is 8.11. The number of aliphatic hydroxyl groups is 4. The van der Waals surface area contributed by atoms with Gasteiger partial charge in [0.15, 0.2) is 6.29 Å². The smallest absolute Gasteiger partial charge is 0.341 e. The molecule has 0 radical (unpaired) electrons. The van der Waals surface area contributed by atoms with Gasteiger partial charge in [0, 0.05) is 37.1 Å². The van der Waals surface area contributed by atoms with Crippen LogP contribution in [0.3, 0.4) is 0 Å². The van der Waals surface area contributed by atoms with Gasteiger partial charge in [-0.25, -0.2) is 9.86 Å². The van der Waals surface area contributed by atoms with Crippen molar-refractivity contribution in [1.82, 2.24) is 21.0 Å². The number of amides is 2. The lowest BCUT2D eigenvalue weighted by Crippen LogP contribution is -2.69. The lowest BCUT2D eigenvalue weighted by molar-refractivity contribution is -0.297. The number of aliphatic hydroxyl groups excluding tert-OH is 3. The number of hydroxylamine groups is 2. The Labute approximate surface area is 245 Å². The summed E-state index contributed by atoms with van der Waals surface area (Å²) >= 11 is 0. The van der Waals surface area contributed by atoms with Crippen molar-refractivity contribution in [1.29, 1.82) is 0 Å². The molecule has 0 aromatic carbocycles. The van der Waals surface area contributed by atoms with Gasteiger partial charge in [-0.1, -0.05) is 0 Å². The normalized spacial score (nSPS) is 39.6. The zero-order valence-electron chi connectivity index (χ0n) is 24.2. The number of nitrogens with one attached hydrogen (secondary N) is 3. The molecule has 16 N–H and O–H groups in total. The van der Waals surface area contributed by atoms with Crippen LogP contribution in [0.15, 0.2) is 11.8 Å². The molecular formula is C25H50N8O9. The van der Waals surface area contributed by atoms with Crippen molar-refractivity contribution in [3.63, 3.8) is 0 Å². The highest BCUT2D eigenvalue weighted by atomic mass is 16.7. The molecule has 12 atom stereocenters. The van der Waals surface area contributed by atoms with E-state index >= 15 is 0 Å². The summed E-state index contributed by atoms with van der Waals surface area (Å²) < 4.78 is 18.0. The van der Waals surface area contributed by atoms with E-state index in [4.69, 9.17) is 42.3 Å². The molecule has 0 aromatic rings. The van der Waals surface area contributed by atoms with Gasteiger partial charge in [0.2, 0.25) is 0 Å². The second-order valence-electron chi connectivity index (χ2n) is 11.6. The molecule has 1 saturated heterocycles. The summed E-state index contributed by atoms with van der Waals surface area (Å²) in [6.07, 6.45) is -3.55. The molecular weight excluding hydrogens is 556 g/mol. The van der Waals surface area contributed by atoms with E-state index in [1.54, 1.807) is 7.05 Å². The Bertz CT molecular complexity index is 902. The van der Waals surface area contributed by atoms with Crippen LogP contribution in [-0.2, 0) is 14.2 Å². The van der Waals surface area contributed by atoms with Crippen molar-refractivity contribution in [3.8, 4) is 0 Å². The molecule has 0 spiro atoms. The number of rotatable bonds is 12. The van der Waals surface area contributed by atoms with Crippen molar-refractivity contribution in [2.24, 2.45) is 28.9 Å². The minimum Gasteiger partial charge on any atom is -0.492 e. The SMILES string of the molecule is CN[C@@H]1[C@@H](O)[C@@H](O[C@H]2[C@H](NC(=O)N(O)CCN)C[C@H](N)C([C@H]3OC(CNCC(N)CO)=CC[C@H]3N)[C@@H]2O)OC[C@]1(C)O. The third kappa shape index (κ3) is 8.26. The molecule has 3 rings (SSSR count). The third-order valence-electron chi connectivity index (χ3n) is 8.11. The number of hydrogen-bond acceptors (Lipinski definition) is 15. The highest BCUT2D eigenvalue weighted by molar-refractivity contribution is 5.73. The van der Waals surface area contributed by atoms with Gasteiger partial charge in [-0.15, -0.1) is 0 Å². The van der Waals surface area contributed by atoms with Gasteiger partial charge in [-0.2, -0.15) is 0 Å². The summed E-state index contributed by atoms with van der Waals surface area (Å²) in [6, 6.07) is -4.30. The first-order valence-corrected chi connectivity index (χ1v) is 14.3. The van der Waals surface area contributed by atoms with E-state index in [2.05, 4.69) is 16.0 Å². The first-order valence-electron chi connectivity index (χ1n) is 14.3. The van der Waals surface area contributed by atoms with Crippen molar-refractivity contribution >= 4 is 6.03 Å². The second kappa shape index (κ2) is 15.3. The van der Waals surface area contributed by atoms with E-state index in [0.29, 0.717) is 30.3 Å². The number of likely N-dealkylation sites (N-methyl/N-ethyl adjacent to an activating group) is 1. The van der Waals surface area contributed by atoms with Gasteiger partial charge >= 0.3 is 6.03 Å². The van der Waals surface area contributed by atoms with Gasteiger partial charge in [0.05, 0.1) is 44.5 Å². The maximum Gasteiger partial charge on any atom is 0.341 e. The Kier molecular flexibility index (Phi) is 12.7. The number of carbonyl (C=O) groups excluding carboxylic acids is 1. The van der Waals surface area contributed by atoms with Crippen LogP contribution in [0.4, 0.5) is 4.79 Å². The lowest BCUT2D eigenvalue weighted by Gasteiger charge is -2.50. The van der Waals surface area contributed by atoms with Gasteiger partial charge in [-0.3, -0.25) is 5.21 Å². The molecule has 42 heavy (non-hydrogen) atoms. The van der Waals surface area contributed by atoms with Gasteiger partial charge in [0.25, 0.3) is 0 Å². The average molecular weight is 607 g/mol. The zero-order chi connectivity index (χ0) is 31.2. The molecule has 0 bridgehead atoms. The predicted molar refractivity (Wildman–Crippen MR) is 150 cm³/mol. The Morgan fingerprint density at radius 3 is 2.64 bits per heavy atom. The number of ether oxygens (including phenoxy) is 3. The molecule has 2 unspecified atom stereocenters. The highest BCUT2D eigenvalue weighted by Crippen LogP contribution is 2.36. The minimum atomic E-state index is -1.40. The van der Waals surface area contributed by atoms with E-state index in [1.807, 2.05) is 6.08 Å². The summed E-state index contributed by atoms with van der Waals surface area (Å²) in [5.74, 6) is -0.193. The molecule has 2 fully saturated rings. The zero-order valence-corrected chi connectivity index (χ0v) is 24.2. The Morgan fingerprint density at radius 1 is 1.29 bits per heavy atom. The average Bonchev–Trinajstić information content (AvgIpc) is 2.93. The number of urea groups is 1. The number of carbonyl (C=O) groups is 1. The topological polar surface area (TPSA) is 289 Å². The fourth-order valence-electron chi connectivity index (χ4n) is 5.86. The van der Waals surface area contributed by atoms with E-state index in [9.17, 15) is 25.3 Å². The molecule has 0 aromatic heterocycles. The standard InChI is InChI=1S/C25H50N8O9/c1-25(38)11-40-23(19(36)22(25)30-2)42-21-16(32-24(37)33(39)6-5-26)7-15(29)17(18(21)35)20-14(28)4-3-13(41-20)9-31-8-12(27)10-34/h3,12,14-23,30-31,34-36,38-39H,4-11,26-29H2,1-2H3,(H,32,37)/t12?,14-,15+,16-,17?,18+,19-,20+,21+,22-,23-,25+/m1/s1. The van der Waals surface area contributed by atoms with E-state index < -0.39 is 78.5 Å². The summed E-state index contributed by atoms with van der Waals surface area (Å²) in [7, 11) is 1.57. The number of nitrogens with two attached hydrogens (primary N) is 4. The van der Waals surface area contributed by atoms with Gasteiger partial charge in [0.1, 0.15) is 29.7 Å². The molecule has 1 aliphatic carbocycles. The second-order valence-corrected chi connectivity index (χ2v) is 11.6. The summed E-state index contributed by atoms with van der Waals surface area (Å²) in [5, 5.41) is 61.6. The lowest BCUT2D eigenvalue weighted by atomic mass is 9.72. The van der Waals surface area contributed by atoms with Crippen molar-refractivity contribution in [3.05, 3.63) is 11.8 Å². The predicted octanol–water partition coefficient (Wildman–Crippen LogP) is -5.23. The van der Waals surface area contributed by atoms with Crippen LogP contribution in [-0.4, -0.2) is 150 Å².